The first-order valence-electron chi connectivity index (χ1n) is 5.36. The van der Waals surface area contributed by atoms with Gasteiger partial charge < -0.3 is 11.1 Å². The van der Waals surface area contributed by atoms with E-state index in [0.717, 1.165) is 18.4 Å². The quantitative estimate of drug-likeness (QED) is 0.785. The minimum Gasteiger partial charge on any atom is -0.329 e. The summed E-state index contributed by atoms with van der Waals surface area (Å²) in [4.78, 5) is 0. The van der Waals surface area contributed by atoms with Crippen molar-refractivity contribution in [3.8, 4) is 0 Å². The van der Waals surface area contributed by atoms with Gasteiger partial charge in [-0.3, -0.25) is 0 Å². The van der Waals surface area contributed by atoms with Gasteiger partial charge in [0.25, 0.3) is 0 Å². The molecule has 0 heterocycles. The molecule has 3 N–H and O–H groups in total. The Morgan fingerprint density at radius 1 is 1.53 bits per heavy atom. The van der Waals surface area contributed by atoms with Crippen LogP contribution < -0.4 is 11.1 Å². The summed E-state index contributed by atoms with van der Waals surface area (Å²) in [5, 5.41) is 3.22. The number of likely N-dealkylation sites (N-methyl/N-ethyl adjacent to an activating group) is 1. The standard InChI is InChI=1S/C12H17FN2/c1-15-11(8-14)12(5-6-12)9-3-2-4-10(13)7-9/h2-4,7,11,15H,5-6,8,14H2,1H3. The molecule has 1 unspecified atom stereocenters. The predicted molar refractivity (Wildman–Crippen MR) is 59.2 cm³/mol. The van der Waals surface area contributed by atoms with E-state index in [1.807, 2.05) is 13.1 Å². The summed E-state index contributed by atoms with van der Waals surface area (Å²) in [5.41, 5.74) is 6.88. The number of nitrogens with one attached hydrogen (secondary N) is 1. The minimum absolute atomic E-state index is 0.0750. The second-order valence-corrected chi connectivity index (χ2v) is 4.24. The maximum atomic E-state index is 13.1. The van der Waals surface area contributed by atoms with E-state index in [1.165, 1.54) is 6.07 Å². The lowest BCUT2D eigenvalue weighted by molar-refractivity contribution is 0.451. The fourth-order valence-electron chi connectivity index (χ4n) is 2.39. The summed E-state index contributed by atoms with van der Waals surface area (Å²) >= 11 is 0. The van der Waals surface area contributed by atoms with Crippen LogP contribution in [0.15, 0.2) is 24.3 Å². The molecule has 1 atom stereocenters. The average Bonchev–Trinajstić information content (AvgIpc) is 3.01. The third-order valence-electron chi connectivity index (χ3n) is 3.44. The Labute approximate surface area is 89.7 Å². The maximum absolute atomic E-state index is 13.1. The van der Waals surface area contributed by atoms with Crippen molar-refractivity contribution in [1.82, 2.24) is 5.32 Å². The van der Waals surface area contributed by atoms with E-state index < -0.39 is 0 Å². The molecular weight excluding hydrogens is 191 g/mol. The number of nitrogens with two attached hydrogens (primary N) is 1. The Bertz CT molecular complexity index is 343. The number of benzene rings is 1. The smallest absolute Gasteiger partial charge is 0.123 e. The van der Waals surface area contributed by atoms with Crippen molar-refractivity contribution < 1.29 is 4.39 Å². The average molecular weight is 208 g/mol. The topological polar surface area (TPSA) is 38.0 Å². The minimum atomic E-state index is -0.161. The van der Waals surface area contributed by atoms with Crippen molar-refractivity contribution in [2.75, 3.05) is 13.6 Å². The second kappa shape index (κ2) is 3.91. The first-order valence-corrected chi connectivity index (χ1v) is 5.36. The highest BCUT2D eigenvalue weighted by molar-refractivity contribution is 5.34. The van der Waals surface area contributed by atoms with E-state index >= 15 is 0 Å². The third kappa shape index (κ3) is 1.77. The number of hydrogen-bond donors (Lipinski definition) is 2. The van der Waals surface area contributed by atoms with E-state index in [9.17, 15) is 4.39 Å². The van der Waals surface area contributed by atoms with E-state index in [-0.39, 0.29) is 17.3 Å². The molecule has 1 saturated carbocycles. The van der Waals surface area contributed by atoms with Crippen molar-refractivity contribution >= 4 is 0 Å². The van der Waals surface area contributed by atoms with Gasteiger partial charge in [-0.1, -0.05) is 12.1 Å². The van der Waals surface area contributed by atoms with Gasteiger partial charge in [0.05, 0.1) is 0 Å². The molecule has 0 spiro atoms. The van der Waals surface area contributed by atoms with E-state index in [4.69, 9.17) is 5.73 Å². The van der Waals surface area contributed by atoms with Crippen LogP contribution in [0.25, 0.3) is 0 Å². The molecule has 0 bridgehead atoms. The molecule has 3 heteroatoms. The zero-order valence-electron chi connectivity index (χ0n) is 8.96. The van der Waals surface area contributed by atoms with Crippen molar-refractivity contribution in [3.05, 3.63) is 35.6 Å². The van der Waals surface area contributed by atoms with Gasteiger partial charge >= 0.3 is 0 Å². The summed E-state index contributed by atoms with van der Waals surface area (Å²) in [5.74, 6) is -0.161. The van der Waals surface area contributed by atoms with Gasteiger partial charge in [-0.25, -0.2) is 4.39 Å². The van der Waals surface area contributed by atoms with Gasteiger partial charge in [-0.15, -0.1) is 0 Å². The van der Waals surface area contributed by atoms with Crippen LogP contribution in [-0.4, -0.2) is 19.6 Å². The van der Waals surface area contributed by atoms with Crippen molar-refractivity contribution in [3.63, 3.8) is 0 Å². The fraction of sp³-hybridized carbons (Fsp3) is 0.500. The highest BCUT2D eigenvalue weighted by atomic mass is 19.1. The SMILES string of the molecule is CNC(CN)C1(c2cccc(F)c2)CC1. The molecule has 2 rings (SSSR count). The highest BCUT2D eigenvalue weighted by Crippen LogP contribution is 2.50. The van der Waals surface area contributed by atoms with E-state index in [2.05, 4.69) is 5.32 Å². The zero-order chi connectivity index (χ0) is 10.9. The maximum Gasteiger partial charge on any atom is 0.123 e. The van der Waals surface area contributed by atoms with Gasteiger partial charge in [0.2, 0.25) is 0 Å². The van der Waals surface area contributed by atoms with Crippen LogP contribution in [0, 0.1) is 5.82 Å². The molecule has 0 saturated heterocycles. The molecule has 0 radical (unpaired) electrons. The Balaban J connectivity index is 2.29. The highest BCUT2D eigenvalue weighted by Gasteiger charge is 2.49. The molecule has 1 fully saturated rings. The molecule has 15 heavy (non-hydrogen) atoms. The van der Waals surface area contributed by atoms with E-state index in [1.54, 1.807) is 12.1 Å². The van der Waals surface area contributed by atoms with Gasteiger partial charge in [-0.05, 0) is 37.6 Å². The molecular formula is C12H17FN2. The van der Waals surface area contributed by atoms with Crippen LogP contribution in [0.1, 0.15) is 18.4 Å². The normalized spacial score (nSPS) is 19.9. The monoisotopic (exact) mass is 208 g/mol. The summed E-state index contributed by atoms with van der Waals surface area (Å²) in [6.45, 7) is 0.590. The third-order valence-corrected chi connectivity index (χ3v) is 3.44. The Morgan fingerprint density at radius 3 is 2.73 bits per heavy atom. The number of halogens is 1. The number of hydrogen-bond acceptors (Lipinski definition) is 2. The van der Waals surface area contributed by atoms with Crippen molar-refractivity contribution in [1.29, 1.82) is 0 Å². The lowest BCUT2D eigenvalue weighted by Gasteiger charge is -2.25. The molecule has 0 aliphatic heterocycles. The van der Waals surface area contributed by atoms with Gasteiger partial charge in [0, 0.05) is 18.0 Å². The predicted octanol–water partition coefficient (Wildman–Crippen LogP) is 1.40. The van der Waals surface area contributed by atoms with Gasteiger partial charge in [-0.2, -0.15) is 0 Å². The van der Waals surface area contributed by atoms with Crippen LogP contribution >= 0.6 is 0 Å². The largest absolute Gasteiger partial charge is 0.329 e. The Kier molecular flexibility index (Phi) is 2.76. The van der Waals surface area contributed by atoms with Crippen molar-refractivity contribution in [2.24, 2.45) is 5.73 Å². The van der Waals surface area contributed by atoms with Crippen LogP contribution in [-0.2, 0) is 5.41 Å². The Hall–Kier alpha value is -0.930. The van der Waals surface area contributed by atoms with Crippen molar-refractivity contribution in [2.45, 2.75) is 24.3 Å². The van der Waals surface area contributed by atoms with E-state index in [0.29, 0.717) is 6.54 Å². The van der Waals surface area contributed by atoms with Gasteiger partial charge in [0.1, 0.15) is 5.82 Å². The molecule has 0 amide bonds. The van der Waals surface area contributed by atoms with Crippen LogP contribution in [0.4, 0.5) is 4.39 Å². The molecule has 1 aliphatic carbocycles. The molecule has 2 nitrogen and oxygen atoms in total. The molecule has 82 valence electrons. The molecule has 1 aromatic rings. The zero-order valence-corrected chi connectivity index (χ0v) is 8.96. The molecule has 0 aromatic heterocycles. The van der Waals surface area contributed by atoms with Crippen LogP contribution in [0.3, 0.4) is 0 Å². The molecule has 1 aromatic carbocycles. The summed E-state index contributed by atoms with van der Waals surface area (Å²) < 4.78 is 13.1. The van der Waals surface area contributed by atoms with Crippen LogP contribution in [0.5, 0.6) is 0 Å². The molecule has 1 aliphatic rings. The van der Waals surface area contributed by atoms with Crippen LogP contribution in [0.2, 0.25) is 0 Å². The second-order valence-electron chi connectivity index (χ2n) is 4.24. The summed E-state index contributed by atoms with van der Waals surface area (Å²) in [7, 11) is 1.91. The lowest BCUT2D eigenvalue weighted by Crippen LogP contribution is -2.43. The number of rotatable bonds is 4. The van der Waals surface area contributed by atoms with Gasteiger partial charge in [0.15, 0.2) is 0 Å². The lowest BCUT2D eigenvalue weighted by atomic mass is 9.88. The fourth-order valence-corrected chi connectivity index (χ4v) is 2.39. The first-order chi connectivity index (χ1) is 7.23. The Morgan fingerprint density at radius 2 is 2.27 bits per heavy atom. The summed E-state index contributed by atoms with van der Waals surface area (Å²) in [6, 6.07) is 7.13. The summed E-state index contributed by atoms with van der Waals surface area (Å²) in [6.07, 6.45) is 2.19. The first kappa shape index (κ1) is 10.6.